The van der Waals surface area contributed by atoms with Crippen molar-refractivity contribution in [2.75, 3.05) is 5.32 Å². The normalized spacial score (nSPS) is 9.94. The number of rotatable bonds is 3. The van der Waals surface area contributed by atoms with Gasteiger partial charge in [0.15, 0.2) is 0 Å². The SMILES string of the molecule is O=C(Cc1ccncc1)Nc1cccc(Cl)c1. The van der Waals surface area contributed by atoms with Crippen LogP contribution in [0.25, 0.3) is 0 Å². The van der Waals surface area contributed by atoms with Crippen molar-refractivity contribution in [2.24, 2.45) is 0 Å². The van der Waals surface area contributed by atoms with Crippen LogP contribution >= 0.6 is 11.6 Å². The summed E-state index contributed by atoms with van der Waals surface area (Å²) in [6.45, 7) is 0. The third kappa shape index (κ3) is 3.57. The average Bonchev–Trinajstić information content (AvgIpc) is 2.30. The van der Waals surface area contributed by atoms with Crippen LogP contribution in [0, 0.1) is 0 Å². The number of pyridine rings is 1. The highest BCUT2D eigenvalue weighted by atomic mass is 35.5. The highest BCUT2D eigenvalue weighted by Crippen LogP contribution is 2.15. The molecule has 2 aromatic rings. The van der Waals surface area contributed by atoms with Gasteiger partial charge in [0.1, 0.15) is 0 Å². The van der Waals surface area contributed by atoms with Gasteiger partial charge in [0.05, 0.1) is 6.42 Å². The summed E-state index contributed by atoms with van der Waals surface area (Å²) in [5.74, 6) is -0.0709. The van der Waals surface area contributed by atoms with Crippen molar-refractivity contribution in [3.63, 3.8) is 0 Å². The van der Waals surface area contributed by atoms with Crippen molar-refractivity contribution in [3.8, 4) is 0 Å². The number of carbonyl (C=O) groups is 1. The quantitative estimate of drug-likeness (QED) is 0.905. The number of carbonyl (C=O) groups excluding carboxylic acids is 1. The fraction of sp³-hybridized carbons (Fsp3) is 0.0769. The Labute approximate surface area is 104 Å². The summed E-state index contributed by atoms with van der Waals surface area (Å²) in [5.41, 5.74) is 1.64. The zero-order valence-electron chi connectivity index (χ0n) is 9.06. The van der Waals surface area contributed by atoms with E-state index in [1.54, 1.807) is 36.7 Å². The van der Waals surface area contributed by atoms with E-state index in [4.69, 9.17) is 11.6 Å². The molecule has 0 aliphatic carbocycles. The van der Waals surface area contributed by atoms with E-state index in [0.29, 0.717) is 17.1 Å². The minimum Gasteiger partial charge on any atom is -0.326 e. The molecule has 0 unspecified atom stereocenters. The van der Waals surface area contributed by atoms with Crippen LogP contribution in [0.1, 0.15) is 5.56 Å². The van der Waals surface area contributed by atoms with E-state index in [1.165, 1.54) is 0 Å². The summed E-state index contributed by atoms with van der Waals surface area (Å²) in [6, 6.07) is 10.7. The smallest absolute Gasteiger partial charge is 0.228 e. The monoisotopic (exact) mass is 246 g/mol. The van der Waals surface area contributed by atoms with Crippen LogP contribution in [0.2, 0.25) is 5.02 Å². The number of nitrogens with zero attached hydrogens (tertiary/aromatic N) is 1. The molecule has 86 valence electrons. The Hall–Kier alpha value is -1.87. The van der Waals surface area contributed by atoms with Crippen LogP contribution in [-0.4, -0.2) is 10.9 Å². The molecule has 17 heavy (non-hydrogen) atoms. The van der Waals surface area contributed by atoms with Gasteiger partial charge in [0, 0.05) is 23.1 Å². The van der Waals surface area contributed by atoms with Gasteiger partial charge in [-0.3, -0.25) is 9.78 Å². The maximum Gasteiger partial charge on any atom is 0.228 e. The molecule has 0 radical (unpaired) electrons. The van der Waals surface area contributed by atoms with Crippen molar-refractivity contribution in [3.05, 3.63) is 59.4 Å². The van der Waals surface area contributed by atoms with Crippen molar-refractivity contribution in [1.82, 2.24) is 4.98 Å². The minimum absolute atomic E-state index is 0.0709. The van der Waals surface area contributed by atoms with Crippen LogP contribution < -0.4 is 5.32 Å². The van der Waals surface area contributed by atoms with Gasteiger partial charge in [-0.05, 0) is 35.9 Å². The summed E-state index contributed by atoms with van der Waals surface area (Å²) in [6.07, 6.45) is 3.67. The summed E-state index contributed by atoms with van der Waals surface area (Å²) >= 11 is 5.83. The molecule has 1 aromatic carbocycles. The topological polar surface area (TPSA) is 42.0 Å². The first-order chi connectivity index (χ1) is 8.24. The molecular formula is C13H11ClN2O. The predicted octanol–water partition coefficient (Wildman–Crippen LogP) is 2.92. The number of hydrogen-bond acceptors (Lipinski definition) is 2. The highest BCUT2D eigenvalue weighted by Gasteiger charge is 2.03. The van der Waals surface area contributed by atoms with Crippen LogP contribution in [0.5, 0.6) is 0 Å². The van der Waals surface area contributed by atoms with E-state index < -0.39 is 0 Å². The second-order valence-corrected chi connectivity index (χ2v) is 4.03. The van der Waals surface area contributed by atoms with E-state index in [0.717, 1.165) is 5.56 Å². The van der Waals surface area contributed by atoms with Crippen LogP contribution in [0.15, 0.2) is 48.8 Å². The van der Waals surface area contributed by atoms with Gasteiger partial charge in [-0.2, -0.15) is 0 Å². The summed E-state index contributed by atoms with van der Waals surface area (Å²) < 4.78 is 0. The number of hydrogen-bond donors (Lipinski definition) is 1. The van der Waals surface area contributed by atoms with E-state index in [9.17, 15) is 4.79 Å². The predicted molar refractivity (Wildman–Crippen MR) is 68.0 cm³/mol. The molecule has 3 nitrogen and oxygen atoms in total. The van der Waals surface area contributed by atoms with Gasteiger partial charge in [-0.25, -0.2) is 0 Å². The lowest BCUT2D eigenvalue weighted by Crippen LogP contribution is -2.14. The summed E-state index contributed by atoms with van der Waals surface area (Å²) in [7, 11) is 0. The first-order valence-electron chi connectivity index (χ1n) is 5.18. The third-order valence-corrected chi connectivity index (χ3v) is 2.46. The summed E-state index contributed by atoms with van der Waals surface area (Å²) in [4.78, 5) is 15.6. The first-order valence-corrected chi connectivity index (χ1v) is 5.56. The molecule has 0 spiro atoms. The Bertz CT molecular complexity index is 514. The van der Waals surface area contributed by atoms with Gasteiger partial charge in [-0.1, -0.05) is 17.7 Å². The Balaban J connectivity index is 1.98. The summed E-state index contributed by atoms with van der Waals surface area (Å²) in [5, 5.41) is 3.39. The lowest BCUT2D eigenvalue weighted by Gasteiger charge is -2.05. The van der Waals surface area contributed by atoms with Gasteiger partial charge < -0.3 is 5.32 Å². The molecule has 1 heterocycles. The van der Waals surface area contributed by atoms with Crippen molar-refractivity contribution in [2.45, 2.75) is 6.42 Å². The number of nitrogens with one attached hydrogen (secondary N) is 1. The van der Waals surface area contributed by atoms with E-state index >= 15 is 0 Å². The lowest BCUT2D eigenvalue weighted by molar-refractivity contribution is -0.115. The number of aromatic nitrogens is 1. The molecule has 1 amide bonds. The maximum absolute atomic E-state index is 11.7. The molecule has 0 saturated heterocycles. The highest BCUT2D eigenvalue weighted by molar-refractivity contribution is 6.30. The third-order valence-electron chi connectivity index (χ3n) is 2.22. The van der Waals surface area contributed by atoms with Crippen LogP contribution in [-0.2, 0) is 11.2 Å². The molecule has 0 aliphatic heterocycles. The Morgan fingerprint density at radius 2 is 2.00 bits per heavy atom. The zero-order chi connectivity index (χ0) is 12.1. The molecule has 4 heteroatoms. The minimum atomic E-state index is -0.0709. The first kappa shape index (κ1) is 11.6. The molecule has 0 fully saturated rings. The molecule has 0 saturated carbocycles. The van der Waals surface area contributed by atoms with Gasteiger partial charge in [0.25, 0.3) is 0 Å². The standard InChI is InChI=1S/C13H11ClN2O/c14-11-2-1-3-12(9-11)16-13(17)8-10-4-6-15-7-5-10/h1-7,9H,8H2,(H,16,17). The molecule has 2 rings (SSSR count). The lowest BCUT2D eigenvalue weighted by atomic mass is 10.2. The average molecular weight is 247 g/mol. The number of anilines is 1. The van der Waals surface area contributed by atoms with Gasteiger partial charge >= 0.3 is 0 Å². The molecule has 0 bridgehead atoms. The maximum atomic E-state index is 11.7. The molecule has 0 aliphatic rings. The fourth-order valence-corrected chi connectivity index (χ4v) is 1.65. The van der Waals surface area contributed by atoms with E-state index in [2.05, 4.69) is 10.3 Å². The van der Waals surface area contributed by atoms with Gasteiger partial charge in [0.2, 0.25) is 5.91 Å². The van der Waals surface area contributed by atoms with Crippen molar-refractivity contribution in [1.29, 1.82) is 0 Å². The van der Waals surface area contributed by atoms with Crippen LogP contribution in [0.4, 0.5) is 5.69 Å². The number of amides is 1. The van der Waals surface area contributed by atoms with E-state index in [-0.39, 0.29) is 5.91 Å². The Morgan fingerprint density at radius 1 is 1.24 bits per heavy atom. The number of halogens is 1. The molecule has 1 N–H and O–H groups in total. The van der Waals surface area contributed by atoms with Crippen molar-refractivity contribution < 1.29 is 4.79 Å². The molecular weight excluding hydrogens is 236 g/mol. The molecule has 0 atom stereocenters. The largest absolute Gasteiger partial charge is 0.326 e. The van der Waals surface area contributed by atoms with Crippen molar-refractivity contribution >= 4 is 23.2 Å². The second-order valence-electron chi connectivity index (χ2n) is 3.59. The van der Waals surface area contributed by atoms with Crippen LogP contribution in [0.3, 0.4) is 0 Å². The van der Waals surface area contributed by atoms with Gasteiger partial charge in [-0.15, -0.1) is 0 Å². The second kappa shape index (κ2) is 5.46. The Morgan fingerprint density at radius 3 is 2.71 bits per heavy atom. The Kier molecular flexibility index (Phi) is 3.73. The fourth-order valence-electron chi connectivity index (χ4n) is 1.46. The number of benzene rings is 1. The van der Waals surface area contributed by atoms with E-state index in [1.807, 2.05) is 12.1 Å². The zero-order valence-corrected chi connectivity index (χ0v) is 9.82. The molecule has 1 aromatic heterocycles.